The summed E-state index contributed by atoms with van der Waals surface area (Å²) < 4.78 is 5.98. The first-order chi connectivity index (χ1) is 9.67. The van der Waals surface area contributed by atoms with E-state index in [9.17, 15) is 9.59 Å². The molecule has 2 aromatic heterocycles. The third-order valence-corrected chi connectivity index (χ3v) is 2.13. The van der Waals surface area contributed by atoms with Crippen molar-refractivity contribution >= 4 is 23.5 Å². The van der Waals surface area contributed by atoms with Gasteiger partial charge in [0.25, 0.3) is 0 Å². The summed E-state index contributed by atoms with van der Waals surface area (Å²) in [5.74, 6) is -0.0847. The van der Waals surface area contributed by atoms with E-state index in [0.717, 1.165) is 0 Å². The van der Waals surface area contributed by atoms with Crippen LogP contribution in [0.1, 0.15) is 6.92 Å². The van der Waals surface area contributed by atoms with Crippen LogP contribution in [0.4, 0.5) is 16.3 Å². The highest BCUT2D eigenvalue weighted by Gasteiger charge is 2.09. The van der Waals surface area contributed by atoms with E-state index in [4.69, 9.17) is 0 Å². The van der Waals surface area contributed by atoms with Crippen molar-refractivity contribution in [3.63, 3.8) is 0 Å². The maximum Gasteiger partial charge on any atom is 0.412 e. The molecule has 0 saturated heterocycles. The number of aromatic nitrogens is 5. The van der Waals surface area contributed by atoms with Gasteiger partial charge in [0, 0.05) is 6.20 Å². The van der Waals surface area contributed by atoms with Gasteiger partial charge in [-0.05, 0) is 6.92 Å². The van der Waals surface area contributed by atoms with Gasteiger partial charge in [-0.2, -0.15) is 5.10 Å². The number of rotatable bonds is 5. The van der Waals surface area contributed by atoms with E-state index in [0.29, 0.717) is 5.69 Å². The second-order valence-electron chi connectivity index (χ2n) is 3.68. The first-order valence-electron chi connectivity index (χ1n) is 5.80. The van der Waals surface area contributed by atoms with Crippen LogP contribution in [0.5, 0.6) is 0 Å². The molecule has 2 aromatic rings. The molecule has 0 atom stereocenters. The lowest BCUT2D eigenvalue weighted by Crippen LogP contribution is -2.18. The number of nitrogens with one attached hydrogen (secondary N) is 3. The minimum atomic E-state index is -0.623. The van der Waals surface area contributed by atoms with Crippen LogP contribution in [0.25, 0.3) is 0 Å². The van der Waals surface area contributed by atoms with E-state index in [1.54, 1.807) is 13.1 Å². The lowest BCUT2D eigenvalue weighted by molar-refractivity contribution is -0.116. The van der Waals surface area contributed by atoms with Crippen LogP contribution in [0.3, 0.4) is 0 Å². The number of H-pyrrole nitrogens is 1. The molecule has 0 fully saturated rings. The van der Waals surface area contributed by atoms with E-state index >= 15 is 0 Å². The van der Waals surface area contributed by atoms with E-state index in [2.05, 4.69) is 35.9 Å². The topological polar surface area (TPSA) is 127 Å². The highest BCUT2D eigenvalue weighted by atomic mass is 16.5. The molecule has 0 saturated carbocycles. The number of carbonyl (C=O) groups is 2. The van der Waals surface area contributed by atoms with Gasteiger partial charge in [0.2, 0.25) is 5.91 Å². The van der Waals surface area contributed by atoms with Gasteiger partial charge >= 0.3 is 6.09 Å². The molecular weight excluding hydrogens is 266 g/mol. The fraction of sp³-hybridized carbons (Fsp3) is 0.300. The van der Waals surface area contributed by atoms with Crippen molar-refractivity contribution in [3.8, 4) is 0 Å². The van der Waals surface area contributed by atoms with Gasteiger partial charge in [-0.1, -0.05) is 5.21 Å². The minimum absolute atomic E-state index is 0.0390. The van der Waals surface area contributed by atoms with Gasteiger partial charge in [0.1, 0.15) is 6.54 Å². The maximum atomic E-state index is 11.7. The zero-order chi connectivity index (χ0) is 14.4. The monoisotopic (exact) mass is 279 g/mol. The molecule has 2 rings (SSSR count). The smallest absolute Gasteiger partial charge is 0.412 e. The molecule has 3 N–H and O–H groups in total. The Labute approximate surface area is 113 Å². The number of amides is 2. The van der Waals surface area contributed by atoms with Gasteiger partial charge in [0.15, 0.2) is 5.82 Å². The second-order valence-corrected chi connectivity index (χ2v) is 3.68. The van der Waals surface area contributed by atoms with Crippen molar-refractivity contribution in [2.75, 3.05) is 17.2 Å². The molecular formula is C10H13N7O3. The van der Waals surface area contributed by atoms with Crippen molar-refractivity contribution in [2.24, 2.45) is 0 Å². The van der Waals surface area contributed by atoms with Crippen LogP contribution < -0.4 is 10.6 Å². The summed E-state index contributed by atoms with van der Waals surface area (Å²) in [6.07, 6.45) is 3.83. The number of carbonyl (C=O) groups excluding carboxylic acids is 2. The molecule has 0 aromatic carbocycles. The number of ether oxygens (including phenoxy) is 1. The Bertz CT molecular complexity index is 577. The molecule has 106 valence electrons. The van der Waals surface area contributed by atoms with Crippen molar-refractivity contribution < 1.29 is 14.3 Å². The van der Waals surface area contributed by atoms with Crippen molar-refractivity contribution in [2.45, 2.75) is 13.5 Å². The lowest BCUT2D eigenvalue weighted by Gasteiger charge is -2.01. The number of anilines is 2. The Morgan fingerprint density at radius 1 is 1.45 bits per heavy atom. The van der Waals surface area contributed by atoms with Crippen molar-refractivity contribution in [1.29, 1.82) is 0 Å². The maximum absolute atomic E-state index is 11.7. The Morgan fingerprint density at radius 3 is 3.00 bits per heavy atom. The molecule has 0 spiro atoms. The summed E-state index contributed by atoms with van der Waals surface area (Å²) >= 11 is 0. The predicted octanol–water partition coefficient (Wildman–Crippen LogP) is 0.208. The third-order valence-electron chi connectivity index (χ3n) is 2.13. The highest BCUT2D eigenvalue weighted by molar-refractivity contribution is 5.90. The van der Waals surface area contributed by atoms with Crippen LogP contribution in [0.15, 0.2) is 18.6 Å². The summed E-state index contributed by atoms with van der Waals surface area (Å²) in [7, 11) is 0. The van der Waals surface area contributed by atoms with Crippen LogP contribution in [-0.4, -0.2) is 43.8 Å². The first kappa shape index (κ1) is 13.5. The predicted molar refractivity (Wildman–Crippen MR) is 67.9 cm³/mol. The SMILES string of the molecule is CCOC(=O)Nc1cn(CC(=O)Nc2cn[nH]c2)nn1. The van der Waals surface area contributed by atoms with Crippen LogP contribution >= 0.6 is 0 Å². The fourth-order valence-corrected chi connectivity index (χ4v) is 1.37. The molecule has 0 aliphatic heterocycles. The van der Waals surface area contributed by atoms with E-state index in [1.165, 1.54) is 17.1 Å². The summed E-state index contributed by atoms with van der Waals surface area (Å²) in [4.78, 5) is 22.8. The summed E-state index contributed by atoms with van der Waals surface area (Å²) in [5.41, 5.74) is 0.556. The largest absolute Gasteiger partial charge is 0.450 e. The van der Waals surface area contributed by atoms with Gasteiger partial charge in [-0.3, -0.25) is 15.2 Å². The van der Waals surface area contributed by atoms with Crippen LogP contribution in [-0.2, 0) is 16.1 Å². The van der Waals surface area contributed by atoms with Crippen molar-refractivity contribution in [3.05, 3.63) is 18.6 Å². The second kappa shape index (κ2) is 6.31. The third kappa shape index (κ3) is 3.80. The highest BCUT2D eigenvalue weighted by Crippen LogP contribution is 2.03. The molecule has 0 aliphatic rings. The zero-order valence-electron chi connectivity index (χ0n) is 10.7. The molecule has 0 aliphatic carbocycles. The molecule has 0 unspecified atom stereocenters. The summed E-state index contributed by atoms with van der Waals surface area (Å²) in [6.45, 7) is 1.91. The van der Waals surface area contributed by atoms with E-state index in [-0.39, 0.29) is 24.9 Å². The van der Waals surface area contributed by atoms with E-state index < -0.39 is 6.09 Å². The molecule has 0 bridgehead atoms. The standard InChI is InChI=1S/C10H13N7O3/c1-2-20-10(19)14-8-5-17(16-15-8)6-9(18)13-7-3-11-12-4-7/h3-5H,2,6H2,1H3,(H,11,12)(H,13,18)(H,14,19). The lowest BCUT2D eigenvalue weighted by atomic mass is 10.5. The normalized spacial score (nSPS) is 10.1. The molecule has 20 heavy (non-hydrogen) atoms. The average Bonchev–Trinajstić information content (AvgIpc) is 3.02. The molecule has 2 heterocycles. The molecule has 0 radical (unpaired) electrons. The van der Waals surface area contributed by atoms with E-state index in [1.807, 2.05) is 0 Å². The first-order valence-corrected chi connectivity index (χ1v) is 5.80. The van der Waals surface area contributed by atoms with Gasteiger partial charge in [0.05, 0.1) is 24.7 Å². The number of nitrogens with zero attached hydrogens (tertiary/aromatic N) is 4. The van der Waals surface area contributed by atoms with Gasteiger partial charge in [-0.15, -0.1) is 5.10 Å². The van der Waals surface area contributed by atoms with Crippen LogP contribution in [0, 0.1) is 0 Å². The number of hydrogen-bond acceptors (Lipinski definition) is 6. The van der Waals surface area contributed by atoms with Gasteiger partial charge < -0.3 is 10.1 Å². The Balaban J connectivity index is 1.86. The minimum Gasteiger partial charge on any atom is -0.450 e. The zero-order valence-corrected chi connectivity index (χ0v) is 10.7. The molecule has 10 heteroatoms. The number of aromatic amines is 1. The Kier molecular flexibility index (Phi) is 4.27. The van der Waals surface area contributed by atoms with Gasteiger partial charge in [-0.25, -0.2) is 9.48 Å². The van der Waals surface area contributed by atoms with Crippen molar-refractivity contribution in [1.82, 2.24) is 25.2 Å². The van der Waals surface area contributed by atoms with Crippen LogP contribution in [0.2, 0.25) is 0 Å². The Hall–Kier alpha value is -2.91. The average molecular weight is 279 g/mol. The number of hydrogen-bond donors (Lipinski definition) is 3. The quantitative estimate of drug-likeness (QED) is 0.718. The molecule has 10 nitrogen and oxygen atoms in total. The Morgan fingerprint density at radius 2 is 2.30 bits per heavy atom. The molecule has 2 amide bonds. The summed E-state index contributed by atoms with van der Waals surface area (Å²) in [5, 5.41) is 18.7. The fourth-order valence-electron chi connectivity index (χ4n) is 1.37. The summed E-state index contributed by atoms with van der Waals surface area (Å²) in [6, 6.07) is 0.